The maximum atomic E-state index is 15.8. The minimum Gasteiger partial charge on any atom is -0.450 e. The molecule has 0 aliphatic carbocycles. The van der Waals surface area contributed by atoms with Crippen LogP contribution in [0.15, 0.2) is 54.7 Å². The minimum atomic E-state index is -1.51. The number of hydrogen-bond acceptors (Lipinski definition) is 7. The van der Waals surface area contributed by atoms with Gasteiger partial charge in [-0.3, -0.25) is 4.79 Å². The van der Waals surface area contributed by atoms with E-state index in [0.717, 1.165) is 23.8 Å². The summed E-state index contributed by atoms with van der Waals surface area (Å²) in [5, 5.41) is 10.8. The number of carbonyl (C=O) groups excluding carboxylic acids is 3. The monoisotopic (exact) mass is 727 g/mol. The van der Waals surface area contributed by atoms with E-state index >= 15 is 8.78 Å². The molecule has 0 unspecified atom stereocenters. The van der Waals surface area contributed by atoms with Crippen LogP contribution < -0.4 is 0 Å². The number of nitrogens with zero attached hydrogens (tertiary/aromatic N) is 5. The maximum absolute atomic E-state index is 15.8. The average Bonchev–Trinajstić information content (AvgIpc) is 3.68. The third kappa shape index (κ3) is 9.25. The van der Waals surface area contributed by atoms with Crippen LogP contribution in [0.2, 0.25) is 0 Å². The highest BCUT2D eigenvalue weighted by Gasteiger charge is 2.44. The van der Waals surface area contributed by atoms with Crippen molar-refractivity contribution in [3.63, 3.8) is 0 Å². The number of carbonyl (C=O) groups is 3. The van der Waals surface area contributed by atoms with Crippen LogP contribution in [0.4, 0.5) is 22.8 Å². The first-order chi connectivity index (χ1) is 24.6. The van der Waals surface area contributed by atoms with Crippen LogP contribution in [0.1, 0.15) is 64.9 Å². The summed E-state index contributed by atoms with van der Waals surface area (Å²) in [6.07, 6.45) is -1.74. The van der Waals surface area contributed by atoms with Crippen LogP contribution in [0.5, 0.6) is 0 Å². The SMILES string of the molecule is CCOC(=O)N1CCC([C@H](c2nc(-c3cc(F)ccc3F)cn2Cc2ccccc2)N(C[C@@H]2CN(C(=O)OC(C)(C)C)C[C@@H]2F)C(=O)[C@H](C)O)CC1. The second-order valence-corrected chi connectivity index (χ2v) is 14.5. The quantitative estimate of drug-likeness (QED) is 0.264. The van der Waals surface area contributed by atoms with E-state index in [-0.39, 0.29) is 50.0 Å². The third-order valence-corrected chi connectivity index (χ3v) is 9.40. The zero-order valence-electron chi connectivity index (χ0n) is 30.3. The molecule has 2 fully saturated rings. The number of ether oxygens (including phenoxy) is 2. The Balaban J connectivity index is 1.60. The molecule has 52 heavy (non-hydrogen) atoms. The smallest absolute Gasteiger partial charge is 0.410 e. The third-order valence-electron chi connectivity index (χ3n) is 9.40. The first-order valence-electron chi connectivity index (χ1n) is 17.7. The predicted octanol–water partition coefficient (Wildman–Crippen LogP) is 6.20. The molecule has 2 saturated heterocycles. The Bertz CT molecular complexity index is 1710. The standard InChI is InChI=1S/C38H48F3N5O6/c1-6-51-36(49)43-16-14-26(15-17-43)33(46(35(48)24(2)47)21-27-20-45(22-31(27)41)37(50)52-38(3,4)5)34-42-32(29-18-28(39)12-13-30(29)40)23-44(34)19-25-10-8-7-9-11-25/h7-13,18,23-24,26-27,31,33,47H,6,14-17,19-22H2,1-5H3/t24-,27-,31-,33+/m0/s1. The molecule has 14 heteroatoms. The van der Waals surface area contributed by atoms with Crippen molar-refractivity contribution in [3.8, 4) is 11.3 Å². The lowest BCUT2D eigenvalue weighted by Crippen LogP contribution is -2.50. The summed E-state index contributed by atoms with van der Waals surface area (Å²) < 4.78 is 58.0. The molecular weight excluding hydrogens is 679 g/mol. The molecule has 3 heterocycles. The number of rotatable bonds is 10. The van der Waals surface area contributed by atoms with Crippen LogP contribution in [0, 0.1) is 23.5 Å². The van der Waals surface area contributed by atoms with E-state index in [1.807, 2.05) is 30.3 Å². The van der Waals surface area contributed by atoms with Crippen molar-refractivity contribution in [2.24, 2.45) is 11.8 Å². The molecule has 0 saturated carbocycles. The molecule has 5 rings (SSSR count). The Kier molecular flexibility index (Phi) is 12.2. The molecule has 2 aromatic carbocycles. The number of halogens is 3. The van der Waals surface area contributed by atoms with Crippen LogP contribution in [-0.4, -0.2) is 105 Å². The Morgan fingerprint density at radius 3 is 2.35 bits per heavy atom. The number of imidazole rings is 1. The Morgan fingerprint density at radius 1 is 1.02 bits per heavy atom. The lowest BCUT2D eigenvalue weighted by molar-refractivity contribution is -0.145. The molecule has 0 radical (unpaired) electrons. The number of likely N-dealkylation sites (tertiary alicyclic amines) is 2. The summed E-state index contributed by atoms with van der Waals surface area (Å²) in [5.41, 5.74) is 0.115. The molecule has 2 aliphatic heterocycles. The fourth-order valence-electron chi connectivity index (χ4n) is 6.93. The van der Waals surface area contributed by atoms with Gasteiger partial charge in [-0.15, -0.1) is 0 Å². The van der Waals surface area contributed by atoms with Crippen LogP contribution >= 0.6 is 0 Å². The van der Waals surface area contributed by atoms with Gasteiger partial charge in [-0.05, 0) is 77.1 Å². The number of aromatic nitrogens is 2. The van der Waals surface area contributed by atoms with Gasteiger partial charge in [0.15, 0.2) is 0 Å². The van der Waals surface area contributed by atoms with Crippen LogP contribution in [0.25, 0.3) is 11.3 Å². The van der Waals surface area contributed by atoms with Gasteiger partial charge in [0.1, 0.15) is 35.3 Å². The van der Waals surface area contributed by atoms with E-state index in [1.165, 1.54) is 16.7 Å². The lowest BCUT2D eigenvalue weighted by atomic mass is 9.86. The topological polar surface area (TPSA) is 117 Å². The van der Waals surface area contributed by atoms with Crippen molar-refractivity contribution in [2.45, 2.75) is 77.9 Å². The number of hydrogen-bond donors (Lipinski definition) is 1. The zero-order valence-corrected chi connectivity index (χ0v) is 30.3. The molecule has 2 aliphatic rings. The Labute approximate surface area is 302 Å². The summed E-state index contributed by atoms with van der Waals surface area (Å²) in [5.74, 6) is -2.92. The number of alkyl halides is 1. The van der Waals surface area contributed by atoms with E-state index in [0.29, 0.717) is 31.8 Å². The second-order valence-electron chi connectivity index (χ2n) is 14.5. The molecule has 0 spiro atoms. The van der Waals surface area contributed by atoms with Gasteiger partial charge in [0.05, 0.1) is 24.9 Å². The molecule has 4 atom stereocenters. The normalized spacial score (nSPS) is 19.3. The molecule has 3 amide bonds. The fourth-order valence-corrected chi connectivity index (χ4v) is 6.93. The van der Waals surface area contributed by atoms with Gasteiger partial charge in [0.2, 0.25) is 0 Å². The summed E-state index contributed by atoms with van der Waals surface area (Å²) in [6, 6.07) is 11.6. The molecular formula is C38H48F3N5O6. The molecule has 11 nitrogen and oxygen atoms in total. The number of piperidine rings is 1. The Hall–Kier alpha value is -4.59. The highest BCUT2D eigenvalue weighted by Crippen LogP contribution is 2.39. The fraction of sp³-hybridized carbons (Fsp3) is 0.526. The number of benzene rings is 2. The van der Waals surface area contributed by atoms with E-state index in [9.17, 15) is 23.9 Å². The van der Waals surface area contributed by atoms with Crippen molar-refractivity contribution >= 4 is 18.1 Å². The second kappa shape index (κ2) is 16.4. The van der Waals surface area contributed by atoms with Crippen molar-refractivity contribution in [1.82, 2.24) is 24.3 Å². The van der Waals surface area contributed by atoms with Crippen molar-refractivity contribution in [1.29, 1.82) is 0 Å². The van der Waals surface area contributed by atoms with Gasteiger partial charge in [-0.2, -0.15) is 0 Å². The van der Waals surface area contributed by atoms with Crippen molar-refractivity contribution in [2.75, 3.05) is 39.3 Å². The summed E-state index contributed by atoms with van der Waals surface area (Å²) in [4.78, 5) is 48.8. The Morgan fingerprint density at radius 2 is 1.71 bits per heavy atom. The molecule has 0 bridgehead atoms. The number of aliphatic hydroxyl groups excluding tert-OH is 1. The van der Waals surface area contributed by atoms with Gasteiger partial charge in [-0.1, -0.05) is 30.3 Å². The molecule has 282 valence electrons. The van der Waals surface area contributed by atoms with Crippen molar-refractivity contribution in [3.05, 3.63) is 77.8 Å². The maximum Gasteiger partial charge on any atom is 0.410 e. The van der Waals surface area contributed by atoms with Crippen LogP contribution in [0.3, 0.4) is 0 Å². The minimum absolute atomic E-state index is 0.0358. The van der Waals surface area contributed by atoms with Gasteiger partial charge in [0, 0.05) is 50.4 Å². The average molecular weight is 728 g/mol. The van der Waals surface area contributed by atoms with Gasteiger partial charge < -0.3 is 33.8 Å². The van der Waals surface area contributed by atoms with E-state index in [2.05, 4.69) is 0 Å². The molecule has 1 N–H and O–H groups in total. The van der Waals surface area contributed by atoms with Crippen LogP contribution in [-0.2, 0) is 20.8 Å². The molecule has 1 aromatic heterocycles. The van der Waals surface area contributed by atoms with Gasteiger partial charge >= 0.3 is 12.2 Å². The van der Waals surface area contributed by atoms with Crippen molar-refractivity contribution < 1.29 is 42.1 Å². The van der Waals surface area contributed by atoms with E-state index < -0.39 is 59.6 Å². The van der Waals surface area contributed by atoms with Gasteiger partial charge in [-0.25, -0.2) is 27.7 Å². The summed E-state index contributed by atoms with van der Waals surface area (Å²) >= 11 is 0. The predicted molar refractivity (Wildman–Crippen MR) is 187 cm³/mol. The summed E-state index contributed by atoms with van der Waals surface area (Å²) in [7, 11) is 0. The van der Waals surface area contributed by atoms with E-state index in [1.54, 1.807) is 43.4 Å². The highest BCUT2D eigenvalue weighted by atomic mass is 19.1. The summed E-state index contributed by atoms with van der Waals surface area (Å²) in [6.45, 7) is 8.79. The first-order valence-corrected chi connectivity index (χ1v) is 17.7. The largest absolute Gasteiger partial charge is 0.450 e. The molecule has 3 aromatic rings. The number of aliphatic hydroxyl groups is 1. The lowest BCUT2D eigenvalue weighted by Gasteiger charge is -2.42. The first kappa shape index (κ1) is 38.6. The van der Waals surface area contributed by atoms with Gasteiger partial charge in [0.25, 0.3) is 5.91 Å². The highest BCUT2D eigenvalue weighted by molar-refractivity contribution is 5.81. The zero-order chi connectivity index (χ0) is 37.7. The number of amides is 3. The van der Waals surface area contributed by atoms with E-state index in [4.69, 9.17) is 14.5 Å².